The van der Waals surface area contributed by atoms with Gasteiger partial charge in [0, 0.05) is 34.5 Å². The molecule has 0 saturated carbocycles. The fraction of sp³-hybridized carbons (Fsp3) is 0.500. The van der Waals surface area contributed by atoms with Crippen molar-refractivity contribution in [3.63, 3.8) is 0 Å². The summed E-state index contributed by atoms with van der Waals surface area (Å²) in [6.07, 6.45) is 2.69. The fourth-order valence-electron chi connectivity index (χ4n) is 1.49. The predicted octanol–water partition coefficient (Wildman–Crippen LogP) is 1.31. The van der Waals surface area contributed by atoms with E-state index in [1.54, 1.807) is 30.5 Å². The van der Waals surface area contributed by atoms with Crippen molar-refractivity contribution in [3.05, 3.63) is 24.3 Å². The molecule has 0 bridgehead atoms. The molecule has 112 valence electrons. The summed E-state index contributed by atoms with van der Waals surface area (Å²) >= 11 is 0. The van der Waals surface area contributed by atoms with Crippen LogP contribution in [0.15, 0.2) is 24.3 Å². The van der Waals surface area contributed by atoms with Crippen molar-refractivity contribution in [3.8, 4) is 5.75 Å². The molecule has 5 nitrogen and oxygen atoms in total. The van der Waals surface area contributed by atoms with Gasteiger partial charge in [-0.2, -0.15) is 0 Å². The summed E-state index contributed by atoms with van der Waals surface area (Å²) in [7, 11) is -0.843. The highest BCUT2D eigenvalue weighted by Gasteiger charge is 2.07. The van der Waals surface area contributed by atoms with E-state index in [1.165, 1.54) is 0 Å². The summed E-state index contributed by atoms with van der Waals surface area (Å²) in [5, 5.41) is 2.89. The van der Waals surface area contributed by atoms with Crippen LogP contribution in [-0.2, 0) is 15.6 Å². The van der Waals surface area contributed by atoms with Gasteiger partial charge in [-0.05, 0) is 30.7 Å². The average Bonchev–Trinajstić information content (AvgIpc) is 2.40. The minimum absolute atomic E-state index is 0.0606. The molecular weight excluding hydrogens is 276 g/mol. The van der Waals surface area contributed by atoms with Crippen LogP contribution < -0.4 is 15.8 Å². The number of hydrogen-bond acceptors (Lipinski definition) is 4. The Kier molecular flexibility index (Phi) is 7.08. The van der Waals surface area contributed by atoms with Gasteiger partial charge in [0.2, 0.25) is 5.91 Å². The summed E-state index contributed by atoms with van der Waals surface area (Å²) in [6, 6.07) is 7.04. The van der Waals surface area contributed by atoms with Gasteiger partial charge in [0.15, 0.2) is 0 Å². The zero-order valence-corrected chi connectivity index (χ0v) is 12.7. The number of ether oxygens (including phenoxy) is 1. The smallest absolute Gasteiger partial charge is 0.223 e. The van der Waals surface area contributed by atoms with Gasteiger partial charge in [-0.25, -0.2) is 0 Å². The highest BCUT2D eigenvalue weighted by molar-refractivity contribution is 7.84. The van der Waals surface area contributed by atoms with Crippen molar-refractivity contribution < 1.29 is 13.7 Å². The van der Waals surface area contributed by atoms with Gasteiger partial charge < -0.3 is 15.8 Å². The zero-order valence-electron chi connectivity index (χ0n) is 11.9. The van der Waals surface area contributed by atoms with E-state index in [0.717, 1.165) is 0 Å². The number of benzene rings is 1. The molecule has 6 heteroatoms. The highest BCUT2D eigenvalue weighted by atomic mass is 32.2. The molecule has 1 amide bonds. The molecule has 0 aliphatic carbocycles. The third kappa shape index (κ3) is 6.56. The van der Waals surface area contributed by atoms with Gasteiger partial charge in [-0.1, -0.05) is 6.92 Å². The van der Waals surface area contributed by atoms with Crippen molar-refractivity contribution in [1.82, 2.24) is 5.32 Å². The van der Waals surface area contributed by atoms with Crippen LogP contribution >= 0.6 is 0 Å². The van der Waals surface area contributed by atoms with Gasteiger partial charge in [0.05, 0.1) is 13.0 Å². The van der Waals surface area contributed by atoms with Crippen LogP contribution in [0.2, 0.25) is 0 Å². The predicted molar refractivity (Wildman–Crippen MR) is 82.1 cm³/mol. The molecule has 2 atom stereocenters. The first kappa shape index (κ1) is 16.5. The van der Waals surface area contributed by atoms with Gasteiger partial charge in [-0.15, -0.1) is 0 Å². The molecule has 0 saturated heterocycles. The van der Waals surface area contributed by atoms with Crippen molar-refractivity contribution in [2.45, 2.75) is 25.0 Å². The van der Waals surface area contributed by atoms with E-state index in [0.29, 0.717) is 37.4 Å². The van der Waals surface area contributed by atoms with Crippen molar-refractivity contribution >= 4 is 22.4 Å². The average molecular weight is 298 g/mol. The van der Waals surface area contributed by atoms with Gasteiger partial charge in [0.1, 0.15) is 5.75 Å². The van der Waals surface area contributed by atoms with Crippen LogP contribution in [0.25, 0.3) is 0 Å². The van der Waals surface area contributed by atoms with E-state index in [9.17, 15) is 9.00 Å². The first-order valence-electron chi connectivity index (χ1n) is 6.56. The van der Waals surface area contributed by atoms with Crippen LogP contribution in [-0.4, -0.2) is 34.8 Å². The minimum Gasteiger partial charge on any atom is -0.493 e. The lowest BCUT2D eigenvalue weighted by Gasteiger charge is -2.10. The molecule has 1 aromatic rings. The quantitative estimate of drug-likeness (QED) is 0.709. The summed E-state index contributed by atoms with van der Waals surface area (Å²) in [4.78, 5) is 11.6. The van der Waals surface area contributed by atoms with E-state index in [-0.39, 0.29) is 11.2 Å². The zero-order chi connectivity index (χ0) is 15.0. The lowest BCUT2D eigenvalue weighted by Crippen LogP contribution is -2.28. The third-order valence-corrected chi connectivity index (χ3v) is 4.29. The number of anilines is 1. The molecule has 0 radical (unpaired) electrons. The van der Waals surface area contributed by atoms with Crippen LogP contribution in [0, 0.1) is 0 Å². The minimum atomic E-state index is -0.843. The molecule has 1 rings (SSSR count). The lowest BCUT2D eigenvalue weighted by atomic mass is 10.3. The second-order valence-corrected chi connectivity index (χ2v) is 6.42. The summed E-state index contributed by atoms with van der Waals surface area (Å²) in [5.41, 5.74) is 6.24. The molecule has 0 aliphatic rings. The molecule has 20 heavy (non-hydrogen) atoms. The van der Waals surface area contributed by atoms with Crippen LogP contribution in [0.3, 0.4) is 0 Å². The normalized spacial score (nSPS) is 13.5. The maximum atomic E-state index is 11.6. The monoisotopic (exact) mass is 298 g/mol. The lowest BCUT2D eigenvalue weighted by molar-refractivity contribution is -0.121. The molecule has 1 aromatic carbocycles. The Morgan fingerprint density at radius 2 is 2.05 bits per heavy atom. The van der Waals surface area contributed by atoms with Crippen molar-refractivity contribution in [1.29, 1.82) is 0 Å². The summed E-state index contributed by atoms with van der Waals surface area (Å²) in [6.45, 7) is 2.78. The summed E-state index contributed by atoms with van der Waals surface area (Å²) in [5.74, 6) is 0.636. The number of rotatable bonds is 8. The number of hydrogen-bond donors (Lipinski definition) is 2. The van der Waals surface area contributed by atoms with Gasteiger partial charge in [-0.3, -0.25) is 9.00 Å². The summed E-state index contributed by atoms with van der Waals surface area (Å²) < 4.78 is 16.6. The first-order valence-corrected chi connectivity index (χ1v) is 8.18. The number of carbonyl (C=O) groups excluding carboxylic acids is 1. The van der Waals surface area contributed by atoms with E-state index in [4.69, 9.17) is 10.5 Å². The second kappa shape index (κ2) is 8.58. The Balaban J connectivity index is 2.14. The van der Waals surface area contributed by atoms with E-state index < -0.39 is 10.8 Å². The number of nitrogen functional groups attached to an aromatic ring is 1. The first-order chi connectivity index (χ1) is 9.49. The van der Waals surface area contributed by atoms with Crippen molar-refractivity contribution in [2.75, 3.05) is 25.1 Å². The van der Waals surface area contributed by atoms with Crippen LogP contribution in [0.5, 0.6) is 5.75 Å². The third-order valence-electron chi connectivity index (χ3n) is 2.92. The Bertz CT molecular complexity index is 448. The number of carbonyl (C=O) groups is 1. The Morgan fingerprint density at radius 3 is 2.65 bits per heavy atom. The molecule has 0 aromatic heterocycles. The number of amides is 1. The topological polar surface area (TPSA) is 81.4 Å². The van der Waals surface area contributed by atoms with Crippen LogP contribution in [0.4, 0.5) is 5.69 Å². The Labute approximate surface area is 122 Å². The Hall–Kier alpha value is -1.56. The molecule has 0 fully saturated rings. The molecular formula is C14H22N2O3S. The van der Waals surface area contributed by atoms with E-state index in [2.05, 4.69) is 5.32 Å². The fourth-order valence-corrected chi connectivity index (χ4v) is 1.94. The molecule has 0 heterocycles. The molecule has 0 aliphatic heterocycles. The second-order valence-electron chi connectivity index (χ2n) is 4.62. The molecule has 2 unspecified atom stereocenters. The number of nitrogens with two attached hydrogens (primary N) is 1. The largest absolute Gasteiger partial charge is 0.493 e. The number of nitrogens with one attached hydrogen (secondary N) is 1. The maximum Gasteiger partial charge on any atom is 0.223 e. The van der Waals surface area contributed by atoms with E-state index in [1.807, 2.05) is 6.92 Å². The molecule has 0 spiro atoms. The standard InChI is InChI=1S/C14H22N2O3S/c1-11(20(2)18)7-9-16-14(17)8-10-19-13-5-3-12(15)4-6-13/h3-6,11H,7-10,15H2,1-2H3,(H,16,17). The molecule has 3 N–H and O–H groups in total. The van der Waals surface area contributed by atoms with Crippen molar-refractivity contribution in [2.24, 2.45) is 0 Å². The highest BCUT2D eigenvalue weighted by Crippen LogP contribution is 2.13. The van der Waals surface area contributed by atoms with Crippen LogP contribution in [0.1, 0.15) is 19.8 Å². The van der Waals surface area contributed by atoms with Gasteiger partial charge >= 0.3 is 0 Å². The van der Waals surface area contributed by atoms with Gasteiger partial charge in [0.25, 0.3) is 0 Å². The Morgan fingerprint density at radius 1 is 1.40 bits per heavy atom. The van der Waals surface area contributed by atoms with E-state index >= 15 is 0 Å². The SMILES string of the molecule is CC(CCNC(=O)CCOc1ccc(N)cc1)S(C)=O. The maximum absolute atomic E-state index is 11.6.